The van der Waals surface area contributed by atoms with Crippen LogP contribution in [0.15, 0.2) is 46.0 Å². The molecule has 1 heterocycles. The Hall–Kier alpha value is -3.94. The van der Waals surface area contributed by atoms with E-state index in [4.69, 9.17) is 18.9 Å². The molecule has 2 aromatic carbocycles. The monoisotopic (exact) mass is 1030 g/mol. The maximum atomic E-state index is 13.6. The first-order chi connectivity index (χ1) is 36.5. The highest BCUT2D eigenvalue weighted by molar-refractivity contribution is 5.56. The van der Waals surface area contributed by atoms with E-state index in [2.05, 4.69) is 37.7 Å². The second-order valence-corrected chi connectivity index (χ2v) is 21.6. The number of ether oxygens (including phenoxy) is 4. The number of aromatic amines is 2. The molecule has 0 aliphatic carbocycles. The van der Waals surface area contributed by atoms with E-state index < -0.39 is 0 Å². The van der Waals surface area contributed by atoms with Gasteiger partial charge in [0.1, 0.15) is 10.7 Å². The number of nitrogens with one attached hydrogen (secondary N) is 2. The van der Waals surface area contributed by atoms with Gasteiger partial charge in [-0.3, -0.25) is 9.59 Å². The third-order valence-corrected chi connectivity index (χ3v) is 14.6. The summed E-state index contributed by atoms with van der Waals surface area (Å²) in [5.74, 6) is 2.79. The molecule has 0 amide bonds. The normalized spacial score (nSPS) is 12.0. The fourth-order valence-electron chi connectivity index (χ4n) is 9.81. The van der Waals surface area contributed by atoms with Gasteiger partial charge in [-0.1, -0.05) is 271 Å². The zero-order valence-corrected chi connectivity index (χ0v) is 48.2. The van der Waals surface area contributed by atoms with Gasteiger partial charge in [-0.15, -0.1) is 0 Å². The minimum absolute atomic E-state index is 0.183. The molecule has 0 unspecified atom stereocenters. The molecule has 3 rings (SSSR count). The smallest absolute Gasteiger partial charge is 0.272 e. The van der Waals surface area contributed by atoms with Crippen LogP contribution >= 0.6 is 0 Å². The fraction of sp³-hybridized carbons (Fsp3) is 0.727. The Morgan fingerprint density at radius 1 is 0.297 bits per heavy atom. The van der Waals surface area contributed by atoms with Gasteiger partial charge >= 0.3 is 0 Å². The van der Waals surface area contributed by atoms with Crippen LogP contribution in [0.2, 0.25) is 0 Å². The number of H-pyrrole nitrogens is 2. The highest BCUT2D eigenvalue weighted by Gasteiger charge is 2.10. The Morgan fingerprint density at radius 3 is 0.757 bits per heavy atom. The molecule has 0 bridgehead atoms. The molecule has 74 heavy (non-hydrogen) atoms. The average Bonchev–Trinajstić information content (AvgIpc) is 3.40. The van der Waals surface area contributed by atoms with Crippen LogP contribution in [0.1, 0.15) is 296 Å². The molecule has 1 aromatic heterocycles. The third-order valence-electron chi connectivity index (χ3n) is 14.6. The SMILES string of the molecule is CCCCCCCCCCCCOc1ccc(/C=c2\[nH]c(=O)/c(=C/c3ccc(OCCCCCCCCCCCC)c(OCCCCCCCCCCCC)c3)[nH]c2=O)cc1OCCCCCCCCCCCC. The average molecular weight is 1030 g/mol. The minimum Gasteiger partial charge on any atom is -0.490 e. The van der Waals surface area contributed by atoms with Gasteiger partial charge in [-0.2, -0.15) is 0 Å². The summed E-state index contributed by atoms with van der Waals surface area (Å²) >= 11 is 0. The number of aromatic nitrogens is 2. The number of hydrogen-bond acceptors (Lipinski definition) is 6. The first kappa shape index (κ1) is 64.3. The van der Waals surface area contributed by atoms with Gasteiger partial charge in [0.15, 0.2) is 23.0 Å². The molecule has 0 aliphatic heterocycles. The zero-order valence-electron chi connectivity index (χ0n) is 48.2. The van der Waals surface area contributed by atoms with Crippen LogP contribution in [0, 0.1) is 0 Å². The van der Waals surface area contributed by atoms with Gasteiger partial charge < -0.3 is 28.9 Å². The Kier molecular flexibility index (Phi) is 39.4. The summed E-state index contributed by atoms with van der Waals surface area (Å²) < 4.78 is 25.4. The molecule has 0 radical (unpaired) electrons. The highest BCUT2D eigenvalue weighted by atomic mass is 16.5. The van der Waals surface area contributed by atoms with Crippen LogP contribution < -0.4 is 40.8 Å². The summed E-state index contributed by atoms with van der Waals surface area (Å²) in [4.78, 5) is 32.9. The second-order valence-electron chi connectivity index (χ2n) is 21.6. The van der Waals surface area contributed by atoms with Crippen LogP contribution in [0.3, 0.4) is 0 Å². The van der Waals surface area contributed by atoms with E-state index in [0.29, 0.717) is 37.9 Å². The van der Waals surface area contributed by atoms with E-state index >= 15 is 0 Å². The molecule has 0 saturated heterocycles. The van der Waals surface area contributed by atoms with Gasteiger partial charge in [0.05, 0.1) is 26.4 Å². The summed E-state index contributed by atoms with van der Waals surface area (Å²) in [7, 11) is 0. The van der Waals surface area contributed by atoms with Gasteiger partial charge in [0.2, 0.25) is 0 Å². The molecule has 2 N–H and O–H groups in total. The quantitative estimate of drug-likeness (QED) is 0.0546. The number of unbranched alkanes of at least 4 members (excludes halogenated alkanes) is 36. The van der Waals surface area contributed by atoms with Crippen molar-refractivity contribution in [3.05, 3.63) is 78.9 Å². The van der Waals surface area contributed by atoms with Crippen molar-refractivity contribution in [2.24, 2.45) is 0 Å². The predicted molar refractivity (Wildman–Crippen MR) is 316 cm³/mol. The molecular weight excluding hydrogens is 917 g/mol. The maximum Gasteiger partial charge on any atom is 0.272 e. The standard InChI is InChI=1S/C66H110N2O6/c1-5-9-13-17-21-25-29-33-37-41-49-71-61-47-45-57(55-63(61)73-51-43-39-35-31-27-23-19-15-11-7-3)53-59-65(69)68-60(66(70)67-59)54-58-46-48-62(72-50-42-38-34-30-26-22-18-14-10-6-2)64(56-58)74-52-44-40-36-32-28-24-20-16-12-8-4/h45-48,53-56H,5-44,49-52H2,1-4H3,(H,67,70)(H,68,69)/b59-53-,60-54-. The molecule has 420 valence electrons. The van der Waals surface area contributed by atoms with Crippen molar-refractivity contribution in [3.63, 3.8) is 0 Å². The van der Waals surface area contributed by atoms with Crippen LogP contribution in [0.5, 0.6) is 23.0 Å². The molecule has 0 saturated carbocycles. The van der Waals surface area contributed by atoms with E-state index in [1.807, 2.05) is 36.4 Å². The van der Waals surface area contributed by atoms with Crippen molar-refractivity contribution in [2.75, 3.05) is 26.4 Å². The maximum absolute atomic E-state index is 13.6. The lowest BCUT2D eigenvalue weighted by molar-refractivity contribution is 0.258. The topological polar surface area (TPSA) is 103 Å². The van der Waals surface area contributed by atoms with E-state index in [0.717, 1.165) is 74.0 Å². The number of rotatable bonds is 50. The van der Waals surface area contributed by atoms with Crippen LogP contribution in [0.25, 0.3) is 12.2 Å². The number of hydrogen-bond donors (Lipinski definition) is 2. The van der Waals surface area contributed by atoms with E-state index in [-0.39, 0.29) is 21.8 Å². The first-order valence-corrected chi connectivity index (χ1v) is 31.3. The summed E-state index contributed by atoms with van der Waals surface area (Å²) in [5, 5.41) is 0.367. The van der Waals surface area contributed by atoms with Gasteiger partial charge in [0.25, 0.3) is 11.1 Å². The third kappa shape index (κ3) is 31.8. The van der Waals surface area contributed by atoms with Crippen molar-refractivity contribution in [1.82, 2.24) is 9.97 Å². The van der Waals surface area contributed by atoms with E-state index in [9.17, 15) is 9.59 Å². The van der Waals surface area contributed by atoms with Crippen LogP contribution in [0.4, 0.5) is 0 Å². The highest BCUT2D eigenvalue weighted by Crippen LogP contribution is 2.31. The van der Waals surface area contributed by atoms with E-state index in [1.54, 1.807) is 12.2 Å². The van der Waals surface area contributed by atoms with Gasteiger partial charge in [-0.25, -0.2) is 0 Å². The largest absolute Gasteiger partial charge is 0.490 e. The second kappa shape index (κ2) is 45.3. The predicted octanol–water partition coefficient (Wildman–Crippen LogP) is 17.9. The van der Waals surface area contributed by atoms with Crippen molar-refractivity contribution >= 4 is 12.2 Å². The van der Waals surface area contributed by atoms with Crippen LogP contribution in [-0.4, -0.2) is 36.4 Å². The molecule has 8 nitrogen and oxygen atoms in total. The number of benzene rings is 2. The van der Waals surface area contributed by atoms with Crippen molar-refractivity contribution < 1.29 is 18.9 Å². The summed E-state index contributed by atoms with van der Waals surface area (Å²) in [6, 6.07) is 11.6. The summed E-state index contributed by atoms with van der Waals surface area (Å²) in [6.45, 7) is 11.6. The Balaban J connectivity index is 1.69. The molecule has 3 aromatic rings. The molecular formula is C66H110N2O6. The van der Waals surface area contributed by atoms with Crippen LogP contribution in [-0.2, 0) is 0 Å². The molecule has 0 aliphatic rings. The summed E-state index contributed by atoms with van der Waals surface area (Å²) in [5.41, 5.74) is 0.757. The first-order valence-electron chi connectivity index (χ1n) is 31.3. The van der Waals surface area contributed by atoms with Crippen molar-refractivity contribution in [1.29, 1.82) is 0 Å². The zero-order chi connectivity index (χ0) is 52.8. The molecule has 0 spiro atoms. The molecule has 8 heteroatoms. The minimum atomic E-state index is -0.376. The lowest BCUT2D eigenvalue weighted by Gasteiger charge is -2.14. The van der Waals surface area contributed by atoms with Gasteiger partial charge in [0, 0.05) is 0 Å². The van der Waals surface area contributed by atoms with E-state index in [1.165, 1.54) is 205 Å². The Labute approximate surface area is 452 Å². The van der Waals surface area contributed by atoms with Crippen molar-refractivity contribution in [3.8, 4) is 23.0 Å². The molecule has 0 fully saturated rings. The Bertz CT molecular complexity index is 1890. The van der Waals surface area contributed by atoms with Crippen molar-refractivity contribution in [2.45, 2.75) is 285 Å². The fourth-order valence-corrected chi connectivity index (χ4v) is 9.81. The Morgan fingerprint density at radius 2 is 0.514 bits per heavy atom. The lowest BCUT2D eigenvalue weighted by Crippen LogP contribution is -2.46. The van der Waals surface area contributed by atoms with Gasteiger partial charge in [-0.05, 0) is 73.2 Å². The summed E-state index contributed by atoms with van der Waals surface area (Å²) in [6.07, 6.45) is 54.2. The molecule has 0 atom stereocenters. The lowest BCUT2D eigenvalue weighted by atomic mass is 10.1.